The number of H-pyrrole nitrogens is 1. The Kier molecular flexibility index (Phi) is 3.48. The van der Waals surface area contributed by atoms with Crippen molar-refractivity contribution in [1.29, 1.82) is 0 Å². The van der Waals surface area contributed by atoms with Crippen LogP contribution in [-0.4, -0.2) is 55.3 Å². The Labute approximate surface area is 145 Å². The van der Waals surface area contributed by atoms with Crippen LogP contribution >= 0.6 is 0 Å². The van der Waals surface area contributed by atoms with E-state index < -0.39 is 14.8 Å². The van der Waals surface area contributed by atoms with Gasteiger partial charge in [-0.1, -0.05) is 0 Å². The molecule has 1 N–H and O–H groups in total. The Bertz CT molecular complexity index is 1020. The molecule has 1 radical (unpaired) electrons. The lowest BCUT2D eigenvalue weighted by atomic mass is 10.1. The molecule has 1 saturated heterocycles. The zero-order valence-corrected chi connectivity index (χ0v) is 15.1. The van der Waals surface area contributed by atoms with Crippen LogP contribution in [0.15, 0.2) is 31.0 Å². The van der Waals surface area contributed by atoms with Gasteiger partial charge in [0, 0.05) is 36.4 Å². The normalized spacial score (nSPS) is 17.1. The van der Waals surface area contributed by atoms with Crippen LogP contribution in [0.1, 0.15) is 20.8 Å². The van der Waals surface area contributed by atoms with Crippen molar-refractivity contribution in [2.24, 2.45) is 0 Å². The minimum absolute atomic E-state index is 0.365. The number of rotatable bonds is 3. The Hall–Kier alpha value is -2.26. The standard InChI is InChI=1S/C16H19N6O2S/c1-16(2,3)25(23,24)21-8-12(9-21)22-7-11(6-20-22)14-13-4-5-17-15(13)19-10-18-14/h4-7,10H,8-9H2,1-3H3,(H,17,18,19). The molecule has 1 fully saturated rings. The molecule has 0 amide bonds. The minimum atomic E-state index is -3.30. The minimum Gasteiger partial charge on any atom is -0.346 e. The Balaban J connectivity index is 1.55. The van der Waals surface area contributed by atoms with Gasteiger partial charge in [-0.25, -0.2) is 18.4 Å². The zero-order valence-electron chi connectivity index (χ0n) is 14.3. The van der Waals surface area contributed by atoms with Crippen LogP contribution < -0.4 is 0 Å². The molecule has 4 heterocycles. The van der Waals surface area contributed by atoms with E-state index in [0.717, 1.165) is 28.3 Å². The summed E-state index contributed by atoms with van der Waals surface area (Å²) >= 11 is 0. The molecular formula is C16H19N6O2S. The second-order valence-electron chi connectivity index (χ2n) is 7.09. The summed E-state index contributed by atoms with van der Waals surface area (Å²) in [4.78, 5) is 11.6. The lowest BCUT2D eigenvalue weighted by molar-refractivity contribution is 0.295. The Morgan fingerprint density at radius 3 is 2.68 bits per heavy atom. The number of aromatic amines is 1. The van der Waals surface area contributed by atoms with Gasteiger partial charge in [-0.2, -0.15) is 9.40 Å². The summed E-state index contributed by atoms with van der Waals surface area (Å²) in [6.45, 7) is 5.87. The highest BCUT2D eigenvalue weighted by Gasteiger charge is 2.44. The maximum absolute atomic E-state index is 12.4. The van der Waals surface area contributed by atoms with Crippen LogP contribution in [0.25, 0.3) is 22.3 Å². The highest BCUT2D eigenvalue weighted by molar-refractivity contribution is 7.90. The summed E-state index contributed by atoms with van der Waals surface area (Å²) in [5.74, 6) is 0. The van der Waals surface area contributed by atoms with E-state index in [2.05, 4.69) is 20.1 Å². The third-order valence-corrected chi connectivity index (χ3v) is 6.85. The lowest BCUT2D eigenvalue weighted by Gasteiger charge is -2.40. The van der Waals surface area contributed by atoms with Gasteiger partial charge < -0.3 is 4.98 Å². The van der Waals surface area contributed by atoms with Gasteiger partial charge in [-0.15, -0.1) is 0 Å². The SMILES string of the molecule is CC(C)(C)S(=O)(=O)N1C[C](n2cc(-c3ncnc4[nH]ccc34)cn2)C1. The largest absolute Gasteiger partial charge is 0.346 e. The van der Waals surface area contributed by atoms with Crippen molar-refractivity contribution in [2.45, 2.75) is 25.5 Å². The number of hydrogen-bond donors (Lipinski definition) is 1. The molecule has 3 aromatic heterocycles. The maximum atomic E-state index is 12.4. The van der Waals surface area contributed by atoms with Gasteiger partial charge in [0.1, 0.15) is 18.0 Å². The van der Waals surface area contributed by atoms with E-state index in [0.29, 0.717) is 13.1 Å². The molecule has 8 nitrogen and oxygen atoms in total. The predicted molar refractivity (Wildman–Crippen MR) is 94.0 cm³/mol. The molecule has 0 atom stereocenters. The molecule has 0 aromatic carbocycles. The van der Waals surface area contributed by atoms with E-state index in [9.17, 15) is 8.42 Å². The molecule has 3 aromatic rings. The Morgan fingerprint density at radius 2 is 1.96 bits per heavy atom. The first kappa shape index (κ1) is 16.2. The highest BCUT2D eigenvalue weighted by atomic mass is 32.2. The fourth-order valence-corrected chi connectivity index (χ4v) is 4.20. The number of nitrogens with zero attached hydrogens (tertiary/aromatic N) is 5. The van der Waals surface area contributed by atoms with Gasteiger partial charge in [0.2, 0.25) is 10.0 Å². The summed E-state index contributed by atoms with van der Waals surface area (Å²) in [7, 11) is -3.30. The third kappa shape index (κ3) is 2.54. The summed E-state index contributed by atoms with van der Waals surface area (Å²) in [6, 6.07) is 2.87. The van der Waals surface area contributed by atoms with E-state index in [1.54, 1.807) is 31.6 Å². The smallest absolute Gasteiger partial charge is 0.219 e. The number of aromatic nitrogens is 5. The van der Waals surface area contributed by atoms with Gasteiger partial charge in [-0.05, 0) is 26.8 Å². The second kappa shape index (κ2) is 5.37. The maximum Gasteiger partial charge on any atom is 0.219 e. The average Bonchev–Trinajstić information content (AvgIpc) is 3.12. The monoisotopic (exact) mass is 359 g/mol. The highest BCUT2D eigenvalue weighted by Crippen LogP contribution is 2.31. The van der Waals surface area contributed by atoms with Crippen LogP contribution in [0.5, 0.6) is 0 Å². The van der Waals surface area contributed by atoms with E-state index in [4.69, 9.17) is 0 Å². The van der Waals surface area contributed by atoms with Crippen molar-refractivity contribution < 1.29 is 8.42 Å². The van der Waals surface area contributed by atoms with Crippen LogP contribution in [0.2, 0.25) is 0 Å². The fraction of sp³-hybridized carbons (Fsp3) is 0.375. The molecule has 131 valence electrons. The summed E-state index contributed by atoms with van der Waals surface area (Å²) in [5.41, 5.74) is 2.45. The lowest BCUT2D eigenvalue weighted by Crippen LogP contribution is -2.55. The topological polar surface area (TPSA) is 96.8 Å². The van der Waals surface area contributed by atoms with Crippen molar-refractivity contribution in [3.8, 4) is 11.3 Å². The molecule has 1 aliphatic heterocycles. The van der Waals surface area contributed by atoms with Gasteiger partial charge in [0.15, 0.2) is 0 Å². The zero-order chi connectivity index (χ0) is 17.8. The third-order valence-electron chi connectivity index (χ3n) is 4.37. The first-order valence-electron chi connectivity index (χ1n) is 7.95. The van der Waals surface area contributed by atoms with Crippen LogP contribution in [0.3, 0.4) is 0 Å². The summed E-state index contributed by atoms with van der Waals surface area (Å²) in [5, 5.41) is 5.30. The molecule has 0 unspecified atom stereocenters. The molecule has 0 saturated carbocycles. The van der Waals surface area contributed by atoms with Crippen LogP contribution in [0, 0.1) is 6.04 Å². The van der Waals surface area contributed by atoms with Crippen LogP contribution in [-0.2, 0) is 10.0 Å². The second-order valence-corrected chi connectivity index (χ2v) is 9.78. The predicted octanol–water partition coefficient (Wildman–Crippen LogP) is 1.65. The van der Waals surface area contributed by atoms with E-state index >= 15 is 0 Å². The molecule has 0 bridgehead atoms. The molecule has 9 heteroatoms. The fourth-order valence-electron chi connectivity index (χ4n) is 2.78. The van der Waals surface area contributed by atoms with Crippen molar-refractivity contribution in [2.75, 3.05) is 13.1 Å². The average molecular weight is 359 g/mol. The molecule has 25 heavy (non-hydrogen) atoms. The van der Waals surface area contributed by atoms with Gasteiger partial charge >= 0.3 is 0 Å². The van der Waals surface area contributed by atoms with Crippen molar-refractivity contribution >= 4 is 21.1 Å². The van der Waals surface area contributed by atoms with Gasteiger partial charge in [0.25, 0.3) is 0 Å². The Morgan fingerprint density at radius 1 is 1.20 bits per heavy atom. The van der Waals surface area contributed by atoms with Crippen molar-refractivity contribution in [3.05, 3.63) is 37.0 Å². The van der Waals surface area contributed by atoms with Gasteiger partial charge in [0.05, 0.1) is 16.6 Å². The van der Waals surface area contributed by atoms with Gasteiger partial charge in [-0.3, -0.25) is 4.68 Å². The summed E-state index contributed by atoms with van der Waals surface area (Å²) < 4.78 is 27.3. The molecular weight excluding hydrogens is 340 g/mol. The first-order chi connectivity index (χ1) is 11.8. The number of nitrogens with one attached hydrogen (secondary N) is 1. The van der Waals surface area contributed by atoms with E-state index in [1.807, 2.05) is 18.5 Å². The number of hydrogen-bond acceptors (Lipinski definition) is 5. The van der Waals surface area contributed by atoms with Crippen molar-refractivity contribution in [1.82, 2.24) is 29.0 Å². The quantitative estimate of drug-likeness (QED) is 0.767. The van der Waals surface area contributed by atoms with E-state index in [1.165, 1.54) is 10.6 Å². The summed E-state index contributed by atoms with van der Waals surface area (Å²) in [6.07, 6.45) is 6.96. The molecule has 0 spiro atoms. The number of fused-ring (bicyclic) bond motifs is 1. The first-order valence-corrected chi connectivity index (χ1v) is 9.39. The molecule has 4 rings (SSSR count). The van der Waals surface area contributed by atoms with Crippen LogP contribution in [0.4, 0.5) is 0 Å². The molecule has 0 aliphatic carbocycles. The van der Waals surface area contributed by atoms with E-state index in [-0.39, 0.29) is 0 Å². The molecule has 1 aliphatic rings. The number of sulfonamides is 1. The van der Waals surface area contributed by atoms with Crippen molar-refractivity contribution in [3.63, 3.8) is 0 Å².